The fourth-order valence-corrected chi connectivity index (χ4v) is 5.53. The fourth-order valence-electron chi connectivity index (χ4n) is 5.13. The molecule has 3 N–H and O–H groups in total. The second-order valence-electron chi connectivity index (χ2n) is 11.1. The van der Waals surface area contributed by atoms with Crippen LogP contribution in [0, 0.1) is 0 Å². The molecule has 0 spiro atoms. The lowest BCUT2D eigenvalue weighted by Crippen LogP contribution is -2.52. The van der Waals surface area contributed by atoms with Gasteiger partial charge in [0, 0.05) is 50.2 Å². The number of aromatic nitrogens is 3. The number of ether oxygens (including phenoxy) is 1. The lowest BCUT2D eigenvalue weighted by molar-refractivity contribution is -0.133. The predicted octanol–water partition coefficient (Wildman–Crippen LogP) is 3.66. The first-order chi connectivity index (χ1) is 22.4. The maximum Gasteiger partial charge on any atom is 0.283 e. The third kappa shape index (κ3) is 9.75. The van der Waals surface area contributed by atoms with Crippen molar-refractivity contribution in [3.63, 3.8) is 0 Å². The first-order valence-corrected chi connectivity index (χ1v) is 16.1. The largest absolute Gasteiger partial charge is 0.377 e. The number of piperazine rings is 1. The number of carbonyl (C=O) groups is 2. The summed E-state index contributed by atoms with van der Waals surface area (Å²) >= 11 is 6.27. The van der Waals surface area contributed by atoms with Gasteiger partial charge in [-0.1, -0.05) is 53.1 Å². The number of nitrogens with one attached hydrogen (secondary N) is 3. The highest BCUT2D eigenvalue weighted by Crippen LogP contribution is 2.37. The molecule has 1 saturated heterocycles. The number of likely N-dealkylation sites (N-methyl/N-ethyl adjacent to an activating group) is 1. The number of hydrogen-bond acceptors (Lipinski definition) is 9. The second-order valence-corrected chi connectivity index (χ2v) is 12.3. The van der Waals surface area contributed by atoms with Gasteiger partial charge in [0.05, 0.1) is 36.2 Å². The predicted molar refractivity (Wildman–Crippen MR) is 180 cm³/mol. The molecule has 254 valence electrons. The Morgan fingerprint density at radius 1 is 1.17 bits per heavy atom. The Hall–Kier alpha value is -4.00. The molecule has 0 aliphatic carbocycles. The van der Waals surface area contributed by atoms with E-state index in [-0.39, 0.29) is 35.5 Å². The van der Waals surface area contributed by atoms with Crippen LogP contribution in [0.1, 0.15) is 25.3 Å². The van der Waals surface area contributed by atoms with E-state index in [2.05, 4.69) is 39.4 Å². The second kappa shape index (κ2) is 16.2. The minimum atomic E-state index is -3.11. The van der Waals surface area contributed by atoms with Crippen LogP contribution >= 0.6 is 20.8 Å². The maximum atomic E-state index is 14.2. The Kier molecular flexibility index (Phi) is 12.4. The SMILES string of the molecule is C=C(CN(C)C(=O)/C(=C(/CC)NNC(=C)C1=CCOCC1)N1CCN(C(=O)Cn2cncn2)CC1)Nc1ccc(C(F)(F)P)cc1Cl. The van der Waals surface area contributed by atoms with E-state index in [1.54, 1.807) is 11.9 Å². The number of amides is 2. The molecule has 2 aliphatic rings. The van der Waals surface area contributed by atoms with Gasteiger partial charge >= 0.3 is 0 Å². The maximum absolute atomic E-state index is 14.2. The zero-order valence-electron chi connectivity index (χ0n) is 26.6. The number of hydrazine groups is 1. The van der Waals surface area contributed by atoms with Gasteiger partial charge in [0.1, 0.15) is 24.9 Å². The van der Waals surface area contributed by atoms with Crippen molar-refractivity contribution in [2.75, 3.05) is 58.3 Å². The molecule has 2 aliphatic heterocycles. The van der Waals surface area contributed by atoms with Gasteiger partial charge in [-0.2, -0.15) is 13.9 Å². The first-order valence-electron chi connectivity index (χ1n) is 15.1. The van der Waals surface area contributed by atoms with Crippen LogP contribution in [0.15, 0.2) is 78.4 Å². The fraction of sp³-hybridized carbons (Fsp3) is 0.419. The zero-order chi connectivity index (χ0) is 34.1. The summed E-state index contributed by atoms with van der Waals surface area (Å²) in [5.74, 6) is -0.363. The van der Waals surface area contributed by atoms with Crippen LogP contribution in [-0.2, 0) is 26.5 Å². The molecule has 1 aromatic carbocycles. The van der Waals surface area contributed by atoms with E-state index in [1.165, 1.54) is 49.7 Å². The molecule has 12 nitrogen and oxygen atoms in total. The highest BCUT2D eigenvalue weighted by molar-refractivity contribution is 7.17. The van der Waals surface area contributed by atoms with Crippen molar-refractivity contribution in [2.24, 2.45) is 0 Å². The molecule has 1 fully saturated rings. The highest BCUT2D eigenvalue weighted by atomic mass is 35.5. The summed E-state index contributed by atoms with van der Waals surface area (Å²) in [7, 11) is 3.14. The van der Waals surface area contributed by atoms with E-state index in [9.17, 15) is 18.4 Å². The Labute approximate surface area is 280 Å². The number of hydrogen-bond donors (Lipinski definition) is 3. The summed E-state index contributed by atoms with van der Waals surface area (Å²) in [6, 6.07) is 3.91. The van der Waals surface area contributed by atoms with Crippen molar-refractivity contribution in [1.82, 2.24) is 40.3 Å². The Balaban J connectivity index is 1.49. The summed E-state index contributed by atoms with van der Waals surface area (Å²) in [5.41, 5.74) is 6.65. The van der Waals surface area contributed by atoms with Crippen molar-refractivity contribution < 1.29 is 23.1 Å². The number of nitrogens with zero attached hydrogens (tertiary/aromatic N) is 6. The average Bonchev–Trinajstić information content (AvgIpc) is 3.56. The monoisotopic (exact) mass is 691 g/mol. The van der Waals surface area contributed by atoms with Crippen LogP contribution in [0.25, 0.3) is 0 Å². The van der Waals surface area contributed by atoms with Gasteiger partial charge in [0.25, 0.3) is 11.6 Å². The number of allylic oxidation sites excluding steroid dienone is 2. The number of anilines is 1. The molecule has 1 aromatic heterocycles. The molecule has 3 heterocycles. The molecule has 4 rings (SSSR count). The summed E-state index contributed by atoms with van der Waals surface area (Å²) < 4.78 is 34.3. The lowest BCUT2D eigenvalue weighted by atomic mass is 10.1. The third-order valence-electron chi connectivity index (χ3n) is 7.71. The average molecular weight is 692 g/mol. The number of benzene rings is 1. The van der Waals surface area contributed by atoms with E-state index in [1.807, 2.05) is 17.9 Å². The van der Waals surface area contributed by atoms with Gasteiger partial charge in [0.2, 0.25) is 5.91 Å². The molecule has 0 bridgehead atoms. The molecule has 0 radical (unpaired) electrons. The molecule has 2 amide bonds. The van der Waals surface area contributed by atoms with Crippen LogP contribution in [0.2, 0.25) is 5.02 Å². The smallest absolute Gasteiger partial charge is 0.283 e. The van der Waals surface area contributed by atoms with Crippen LogP contribution in [0.4, 0.5) is 14.5 Å². The minimum Gasteiger partial charge on any atom is -0.377 e. The lowest BCUT2D eigenvalue weighted by Gasteiger charge is -2.38. The molecular weight excluding hydrogens is 651 g/mol. The van der Waals surface area contributed by atoms with Crippen molar-refractivity contribution >= 4 is 38.3 Å². The van der Waals surface area contributed by atoms with Gasteiger partial charge in [-0.25, -0.2) is 9.67 Å². The van der Waals surface area contributed by atoms with Gasteiger partial charge < -0.3 is 35.6 Å². The third-order valence-corrected chi connectivity index (χ3v) is 8.36. The number of rotatable bonds is 14. The number of halogens is 3. The van der Waals surface area contributed by atoms with Gasteiger partial charge in [-0.15, -0.1) is 0 Å². The zero-order valence-corrected chi connectivity index (χ0v) is 28.5. The molecule has 1 unspecified atom stereocenters. The summed E-state index contributed by atoms with van der Waals surface area (Å²) in [6.07, 6.45) is 6.06. The van der Waals surface area contributed by atoms with Crippen LogP contribution in [0.5, 0.6) is 0 Å². The molecule has 16 heteroatoms. The van der Waals surface area contributed by atoms with E-state index in [0.717, 1.165) is 12.0 Å². The van der Waals surface area contributed by atoms with Gasteiger partial charge in [-0.3, -0.25) is 9.59 Å². The van der Waals surface area contributed by atoms with Crippen LogP contribution < -0.4 is 16.2 Å². The molecule has 1 atom stereocenters. The first kappa shape index (κ1) is 35.8. The van der Waals surface area contributed by atoms with E-state index < -0.39 is 5.66 Å². The van der Waals surface area contributed by atoms with Gasteiger partial charge in [-0.05, 0) is 30.5 Å². The van der Waals surface area contributed by atoms with E-state index >= 15 is 0 Å². The normalized spacial score (nSPS) is 15.7. The number of alkyl halides is 2. The molecule has 2 aromatic rings. The van der Waals surface area contributed by atoms with Crippen molar-refractivity contribution in [2.45, 2.75) is 32.0 Å². The standard InChI is InChI=1S/C31H41ClF2N9O3P/c1-5-26(39-38-22(3)23-8-14-46-15-9-23)29(42-12-10-41(11-13-42)28(44)18-43-20-35-19-36-43)30(45)40(4)17-21(2)37-27-7-6-24(16-25(27)32)31(33,34)47/h6-8,16,19-20,37-39H,2-3,5,9-15,17-18,47H2,1,4H3/b29-26+. The van der Waals surface area contributed by atoms with Crippen molar-refractivity contribution in [3.8, 4) is 0 Å². The molecule has 0 saturated carbocycles. The summed E-state index contributed by atoms with van der Waals surface area (Å²) in [4.78, 5) is 36.2. The highest BCUT2D eigenvalue weighted by Gasteiger charge is 2.30. The van der Waals surface area contributed by atoms with Gasteiger partial charge in [0.15, 0.2) is 0 Å². The summed E-state index contributed by atoms with van der Waals surface area (Å²) in [5, 5.41) is 7.15. The van der Waals surface area contributed by atoms with E-state index in [0.29, 0.717) is 74.3 Å². The van der Waals surface area contributed by atoms with Crippen LogP contribution in [0.3, 0.4) is 0 Å². The Bertz CT molecular complexity index is 1520. The van der Waals surface area contributed by atoms with Crippen LogP contribution in [-0.4, -0.2) is 94.3 Å². The topological polar surface area (TPSA) is 120 Å². The van der Waals surface area contributed by atoms with Crippen molar-refractivity contribution in [3.05, 3.63) is 89.0 Å². The number of carbonyl (C=O) groups excluding carboxylic acids is 2. The molecular formula is C31H41ClF2N9O3P. The quantitative estimate of drug-likeness (QED) is 0.155. The summed E-state index contributed by atoms with van der Waals surface area (Å²) in [6.45, 7) is 13.1. The van der Waals surface area contributed by atoms with Crippen molar-refractivity contribution in [1.29, 1.82) is 0 Å². The Morgan fingerprint density at radius 3 is 2.49 bits per heavy atom. The molecule has 47 heavy (non-hydrogen) atoms. The Morgan fingerprint density at radius 2 is 1.89 bits per heavy atom. The van der Waals surface area contributed by atoms with E-state index in [4.69, 9.17) is 16.3 Å². The minimum absolute atomic E-state index is 0.0841.